The molecule has 5 heteroatoms. The molecule has 1 N–H and O–H groups in total. The van der Waals surface area contributed by atoms with Crippen molar-refractivity contribution in [2.24, 2.45) is 0 Å². The molecule has 0 spiro atoms. The van der Waals surface area contributed by atoms with Gasteiger partial charge in [0.1, 0.15) is 5.75 Å². The van der Waals surface area contributed by atoms with Crippen molar-refractivity contribution in [1.29, 1.82) is 0 Å². The minimum absolute atomic E-state index is 0.0655. The third-order valence-corrected chi connectivity index (χ3v) is 5.38. The van der Waals surface area contributed by atoms with Crippen LogP contribution in [-0.4, -0.2) is 42.6 Å². The van der Waals surface area contributed by atoms with Crippen molar-refractivity contribution in [1.82, 2.24) is 10.2 Å². The lowest BCUT2D eigenvalue weighted by molar-refractivity contribution is 0.0677. The van der Waals surface area contributed by atoms with Crippen LogP contribution in [0.3, 0.4) is 0 Å². The molecule has 1 amide bonds. The first-order chi connectivity index (χ1) is 13.3. The summed E-state index contributed by atoms with van der Waals surface area (Å²) in [5.74, 6) is 1.95. The van der Waals surface area contributed by atoms with E-state index in [1.165, 1.54) is 0 Å². The second-order valence-corrected chi connectivity index (χ2v) is 7.07. The number of ether oxygens (including phenoxy) is 2. The first-order valence-corrected chi connectivity index (χ1v) is 9.80. The van der Waals surface area contributed by atoms with Gasteiger partial charge in [-0.15, -0.1) is 0 Å². The predicted octanol–water partition coefficient (Wildman–Crippen LogP) is 3.84. The highest BCUT2D eigenvalue weighted by Crippen LogP contribution is 2.35. The third-order valence-electron chi connectivity index (χ3n) is 5.38. The second kappa shape index (κ2) is 8.01. The number of carbonyl (C=O) groups excluding carboxylic acids is 1. The Hall–Kier alpha value is -2.53. The van der Waals surface area contributed by atoms with E-state index >= 15 is 0 Å². The summed E-state index contributed by atoms with van der Waals surface area (Å²) in [5.41, 5.74) is 0.614. The van der Waals surface area contributed by atoms with Crippen molar-refractivity contribution in [3.05, 3.63) is 54.1 Å². The Morgan fingerprint density at radius 3 is 2.52 bits per heavy atom. The van der Waals surface area contributed by atoms with Crippen LogP contribution in [0.1, 0.15) is 36.5 Å². The fourth-order valence-electron chi connectivity index (χ4n) is 4.11. The summed E-state index contributed by atoms with van der Waals surface area (Å²) in [6.45, 7) is 4.35. The van der Waals surface area contributed by atoms with Crippen LogP contribution in [-0.2, 0) is 0 Å². The average molecular weight is 366 g/mol. The minimum atomic E-state index is 0.0655. The van der Waals surface area contributed by atoms with Crippen LogP contribution in [0.4, 0.5) is 0 Å². The zero-order valence-electron chi connectivity index (χ0n) is 15.7. The Kier molecular flexibility index (Phi) is 5.30. The van der Waals surface area contributed by atoms with Crippen LogP contribution in [0, 0.1) is 0 Å². The van der Waals surface area contributed by atoms with Crippen molar-refractivity contribution in [3.63, 3.8) is 0 Å². The SMILES string of the molecule is CCOc1ccccc1Oc1ccccc1C(=O)N1C2CCNCC1CC2. The van der Waals surface area contributed by atoms with E-state index in [0.717, 1.165) is 32.4 Å². The van der Waals surface area contributed by atoms with Gasteiger partial charge >= 0.3 is 0 Å². The molecule has 0 radical (unpaired) electrons. The quantitative estimate of drug-likeness (QED) is 0.873. The molecule has 4 rings (SSSR count). The topological polar surface area (TPSA) is 50.8 Å². The maximum Gasteiger partial charge on any atom is 0.258 e. The molecule has 0 aromatic heterocycles. The molecule has 0 aliphatic carbocycles. The van der Waals surface area contributed by atoms with Crippen LogP contribution in [0.25, 0.3) is 0 Å². The fourth-order valence-corrected chi connectivity index (χ4v) is 4.11. The fraction of sp³-hybridized carbons (Fsp3) is 0.409. The van der Waals surface area contributed by atoms with Gasteiger partial charge in [-0.05, 0) is 57.0 Å². The molecule has 2 unspecified atom stereocenters. The third kappa shape index (κ3) is 3.65. The molecule has 2 fully saturated rings. The van der Waals surface area contributed by atoms with Crippen LogP contribution < -0.4 is 14.8 Å². The van der Waals surface area contributed by atoms with Crippen molar-refractivity contribution in [3.8, 4) is 17.2 Å². The first kappa shape index (κ1) is 17.9. The molecular weight excluding hydrogens is 340 g/mol. The molecule has 2 bridgehead atoms. The summed E-state index contributed by atoms with van der Waals surface area (Å²) < 4.78 is 11.8. The molecule has 0 saturated carbocycles. The summed E-state index contributed by atoms with van der Waals surface area (Å²) in [6.07, 6.45) is 3.17. The van der Waals surface area contributed by atoms with Gasteiger partial charge in [0.25, 0.3) is 5.91 Å². The molecule has 2 aliphatic rings. The van der Waals surface area contributed by atoms with Gasteiger partial charge in [0.05, 0.1) is 12.2 Å². The van der Waals surface area contributed by atoms with Crippen molar-refractivity contribution in [2.75, 3.05) is 19.7 Å². The van der Waals surface area contributed by atoms with E-state index in [0.29, 0.717) is 35.5 Å². The highest BCUT2D eigenvalue weighted by atomic mass is 16.5. The Balaban J connectivity index is 1.63. The molecule has 5 nitrogen and oxygen atoms in total. The number of rotatable bonds is 5. The van der Waals surface area contributed by atoms with E-state index in [9.17, 15) is 4.79 Å². The number of amides is 1. The van der Waals surface area contributed by atoms with Gasteiger partial charge in [0.15, 0.2) is 11.5 Å². The first-order valence-electron chi connectivity index (χ1n) is 9.80. The Morgan fingerprint density at radius 1 is 1.00 bits per heavy atom. The van der Waals surface area contributed by atoms with Gasteiger partial charge in [-0.3, -0.25) is 4.79 Å². The Morgan fingerprint density at radius 2 is 1.70 bits per heavy atom. The van der Waals surface area contributed by atoms with E-state index in [1.807, 2.05) is 55.5 Å². The summed E-state index contributed by atoms with van der Waals surface area (Å²) in [7, 11) is 0. The highest BCUT2D eigenvalue weighted by molar-refractivity contribution is 5.97. The largest absolute Gasteiger partial charge is 0.490 e. The smallest absolute Gasteiger partial charge is 0.258 e. The maximum absolute atomic E-state index is 13.4. The number of para-hydroxylation sites is 3. The maximum atomic E-state index is 13.4. The molecular formula is C22H26N2O3. The minimum Gasteiger partial charge on any atom is -0.490 e. The highest BCUT2D eigenvalue weighted by Gasteiger charge is 2.39. The second-order valence-electron chi connectivity index (χ2n) is 7.07. The lowest BCUT2D eigenvalue weighted by atomic mass is 10.1. The number of nitrogens with one attached hydrogen (secondary N) is 1. The standard InChI is InChI=1S/C22H26N2O3/c1-2-26-20-9-5-6-10-21(20)27-19-8-4-3-7-18(19)22(25)24-16-11-12-17(24)15-23-14-13-16/h3-10,16-17,23H,2,11-15H2,1H3. The molecule has 2 aromatic carbocycles. The lowest BCUT2D eigenvalue weighted by Gasteiger charge is -2.28. The van der Waals surface area contributed by atoms with Crippen LogP contribution in [0.15, 0.2) is 48.5 Å². The number of fused-ring (bicyclic) bond motifs is 2. The van der Waals surface area contributed by atoms with Crippen LogP contribution in [0.5, 0.6) is 17.2 Å². The molecule has 27 heavy (non-hydrogen) atoms. The number of carbonyl (C=O) groups is 1. The van der Waals surface area contributed by atoms with Gasteiger partial charge < -0.3 is 19.7 Å². The molecule has 2 atom stereocenters. The number of benzene rings is 2. The molecule has 2 aliphatic heterocycles. The Bertz CT molecular complexity index is 794. The Labute approximate surface area is 160 Å². The monoisotopic (exact) mass is 366 g/mol. The molecule has 142 valence electrons. The summed E-state index contributed by atoms with van der Waals surface area (Å²) >= 11 is 0. The average Bonchev–Trinajstić information content (AvgIpc) is 2.96. The van der Waals surface area contributed by atoms with Crippen LogP contribution in [0.2, 0.25) is 0 Å². The van der Waals surface area contributed by atoms with E-state index < -0.39 is 0 Å². The van der Waals surface area contributed by atoms with Gasteiger partial charge in [-0.25, -0.2) is 0 Å². The van der Waals surface area contributed by atoms with Crippen LogP contribution >= 0.6 is 0 Å². The van der Waals surface area contributed by atoms with Crippen molar-refractivity contribution >= 4 is 5.91 Å². The van der Waals surface area contributed by atoms with E-state index in [-0.39, 0.29) is 11.9 Å². The predicted molar refractivity (Wildman–Crippen MR) is 105 cm³/mol. The lowest BCUT2D eigenvalue weighted by Crippen LogP contribution is -2.42. The summed E-state index contributed by atoms with van der Waals surface area (Å²) in [4.78, 5) is 15.5. The molecule has 2 aromatic rings. The number of hydrogen-bond acceptors (Lipinski definition) is 4. The van der Waals surface area contributed by atoms with E-state index in [2.05, 4.69) is 10.2 Å². The van der Waals surface area contributed by atoms with Gasteiger partial charge in [-0.1, -0.05) is 24.3 Å². The van der Waals surface area contributed by atoms with E-state index in [1.54, 1.807) is 0 Å². The number of nitrogens with zero attached hydrogens (tertiary/aromatic N) is 1. The zero-order chi connectivity index (χ0) is 18.6. The van der Waals surface area contributed by atoms with Gasteiger partial charge in [0, 0.05) is 18.6 Å². The van der Waals surface area contributed by atoms with E-state index in [4.69, 9.17) is 9.47 Å². The molecule has 2 saturated heterocycles. The van der Waals surface area contributed by atoms with Gasteiger partial charge in [0.2, 0.25) is 0 Å². The van der Waals surface area contributed by atoms with Crippen molar-refractivity contribution < 1.29 is 14.3 Å². The van der Waals surface area contributed by atoms with Crippen molar-refractivity contribution in [2.45, 2.75) is 38.3 Å². The van der Waals surface area contributed by atoms with Gasteiger partial charge in [-0.2, -0.15) is 0 Å². The number of hydrogen-bond donors (Lipinski definition) is 1. The molecule has 2 heterocycles. The summed E-state index contributed by atoms with van der Waals surface area (Å²) in [5, 5.41) is 3.45. The zero-order valence-corrected chi connectivity index (χ0v) is 15.7. The normalized spacial score (nSPS) is 21.6. The summed E-state index contributed by atoms with van der Waals surface area (Å²) in [6, 6.07) is 15.7.